The molecule has 0 unspecified atom stereocenters. The summed E-state index contributed by atoms with van der Waals surface area (Å²) >= 11 is 0. The summed E-state index contributed by atoms with van der Waals surface area (Å²) in [5.41, 5.74) is 3.92. The molecule has 1 aromatic heterocycles. The van der Waals surface area contributed by atoms with Crippen molar-refractivity contribution in [2.45, 2.75) is 25.8 Å². The number of pyridine rings is 1. The molecule has 0 bridgehead atoms. The fourth-order valence-corrected chi connectivity index (χ4v) is 3.57. The number of amides is 1. The molecular weight excluding hydrogens is 306 g/mol. The van der Waals surface area contributed by atoms with Gasteiger partial charge in [0.2, 0.25) is 0 Å². The number of aromatic amines is 1. The number of carbonyl (C=O) groups excluding carboxylic acids is 1. The molecule has 0 saturated carbocycles. The topological polar surface area (TPSA) is 85.4 Å². The lowest BCUT2D eigenvalue weighted by atomic mass is 9.96. The number of benzene rings is 1. The van der Waals surface area contributed by atoms with Gasteiger partial charge in [0.15, 0.2) is 0 Å². The fourth-order valence-electron chi connectivity index (χ4n) is 3.57. The van der Waals surface area contributed by atoms with E-state index >= 15 is 0 Å². The number of H-pyrrole nitrogens is 1. The second kappa shape index (κ2) is 5.70. The quantitative estimate of drug-likeness (QED) is 0.744. The minimum atomic E-state index is -0.166. The lowest BCUT2D eigenvalue weighted by molar-refractivity contribution is 0.0733. The Kier molecular flexibility index (Phi) is 3.52. The first-order chi connectivity index (χ1) is 11.6. The number of phenols is 1. The summed E-state index contributed by atoms with van der Waals surface area (Å²) in [4.78, 5) is 29.4. The summed E-state index contributed by atoms with van der Waals surface area (Å²) in [7, 11) is 0. The van der Waals surface area contributed by atoms with Gasteiger partial charge in [0.05, 0.1) is 5.56 Å². The third kappa shape index (κ3) is 2.44. The van der Waals surface area contributed by atoms with E-state index < -0.39 is 0 Å². The second-order valence-electron chi connectivity index (χ2n) is 6.35. The van der Waals surface area contributed by atoms with Gasteiger partial charge < -0.3 is 20.3 Å². The largest absolute Gasteiger partial charge is 0.508 e. The average Bonchev–Trinajstić information content (AvgIpc) is 2.61. The van der Waals surface area contributed by atoms with Gasteiger partial charge in [-0.15, -0.1) is 0 Å². The Labute approximate surface area is 139 Å². The number of phenolic OH excluding ortho intramolecular Hbond substituents is 1. The number of carbonyl (C=O) groups is 1. The summed E-state index contributed by atoms with van der Waals surface area (Å²) in [5.74, 6) is 0.208. The van der Waals surface area contributed by atoms with Crippen LogP contribution in [0.25, 0.3) is 0 Å². The third-order valence-corrected chi connectivity index (χ3v) is 4.83. The van der Waals surface area contributed by atoms with Crippen molar-refractivity contribution in [2.75, 3.05) is 18.4 Å². The monoisotopic (exact) mass is 325 g/mol. The molecule has 124 valence electrons. The molecule has 0 aliphatic carbocycles. The van der Waals surface area contributed by atoms with E-state index in [1.54, 1.807) is 18.3 Å². The van der Waals surface area contributed by atoms with Crippen LogP contribution >= 0.6 is 0 Å². The minimum Gasteiger partial charge on any atom is -0.508 e. The highest BCUT2D eigenvalue weighted by atomic mass is 16.3. The van der Waals surface area contributed by atoms with Gasteiger partial charge >= 0.3 is 0 Å². The first-order valence-electron chi connectivity index (χ1n) is 8.22. The van der Waals surface area contributed by atoms with Crippen molar-refractivity contribution >= 4 is 11.6 Å². The second-order valence-corrected chi connectivity index (χ2v) is 6.35. The molecule has 2 aliphatic heterocycles. The average molecular weight is 325 g/mol. The Bertz CT molecular complexity index is 872. The van der Waals surface area contributed by atoms with Crippen LogP contribution in [0.3, 0.4) is 0 Å². The smallest absolute Gasteiger partial charge is 0.271 e. The normalized spacial score (nSPS) is 16.1. The fraction of sp³-hybridized carbons (Fsp3) is 0.333. The van der Waals surface area contributed by atoms with Crippen LogP contribution in [0.5, 0.6) is 5.75 Å². The molecule has 3 N–H and O–H groups in total. The van der Waals surface area contributed by atoms with Gasteiger partial charge in [-0.1, -0.05) is 6.07 Å². The van der Waals surface area contributed by atoms with Crippen LogP contribution in [0, 0.1) is 0 Å². The number of nitrogens with zero attached hydrogens (tertiary/aromatic N) is 1. The van der Waals surface area contributed by atoms with E-state index in [2.05, 4.69) is 10.3 Å². The number of anilines is 1. The molecule has 0 saturated heterocycles. The molecule has 6 heteroatoms. The zero-order valence-electron chi connectivity index (χ0n) is 13.3. The van der Waals surface area contributed by atoms with Gasteiger partial charge in [0, 0.05) is 25.8 Å². The molecular formula is C18H19N3O3. The number of hydrogen-bond donors (Lipinski definition) is 3. The molecule has 0 atom stereocenters. The Morgan fingerprint density at radius 1 is 1.21 bits per heavy atom. The third-order valence-electron chi connectivity index (χ3n) is 4.83. The molecule has 24 heavy (non-hydrogen) atoms. The molecule has 4 rings (SSSR count). The number of hydrogen-bond acceptors (Lipinski definition) is 4. The van der Waals surface area contributed by atoms with Crippen LogP contribution < -0.4 is 10.9 Å². The van der Waals surface area contributed by atoms with Crippen molar-refractivity contribution in [1.82, 2.24) is 9.88 Å². The van der Waals surface area contributed by atoms with E-state index in [1.807, 2.05) is 11.0 Å². The highest BCUT2D eigenvalue weighted by molar-refractivity contribution is 5.97. The lowest BCUT2D eigenvalue weighted by Gasteiger charge is -2.30. The molecule has 2 aromatic rings. The maximum Gasteiger partial charge on any atom is 0.271 e. The number of aromatic nitrogens is 1. The summed E-state index contributed by atoms with van der Waals surface area (Å²) < 4.78 is 0. The van der Waals surface area contributed by atoms with Crippen LogP contribution in [0.1, 0.15) is 33.5 Å². The molecule has 2 aliphatic rings. The van der Waals surface area contributed by atoms with E-state index in [-0.39, 0.29) is 17.2 Å². The summed E-state index contributed by atoms with van der Waals surface area (Å²) in [6.07, 6.45) is 3.92. The summed E-state index contributed by atoms with van der Waals surface area (Å²) in [6, 6.07) is 5.29. The minimum absolute atomic E-state index is 0.0510. The van der Waals surface area contributed by atoms with Gasteiger partial charge in [0.1, 0.15) is 11.4 Å². The van der Waals surface area contributed by atoms with Crippen molar-refractivity contribution < 1.29 is 9.90 Å². The van der Waals surface area contributed by atoms with E-state index in [0.717, 1.165) is 42.5 Å². The van der Waals surface area contributed by atoms with Crippen molar-refractivity contribution in [1.29, 1.82) is 0 Å². The van der Waals surface area contributed by atoms with Gasteiger partial charge in [-0.3, -0.25) is 9.59 Å². The lowest BCUT2D eigenvalue weighted by Crippen LogP contribution is -2.37. The molecule has 0 spiro atoms. The number of fused-ring (bicyclic) bond motifs is 2. The summed E-state index contributed by atoms with van der Waals surface area (Å²) in [6.45, 7) is 1.89. The van der Waals surface area contributed by atoms with Crippen LogP contribution in [0.15, 0.2) is 29.2 Å². The Morgan fingerprint density at radius 3 is 2.96 bits per heavy atom. The van der Waals surface area contributed by atoms with Crippen LogP contribution in [-0.2, 0) is 19.4 Å². The standard InChI is InChI=1S/C18H19N3O3/c22-13-4-3-12-10-21(7-5-11(12)8-13)18(24)15-9-20-17(23)16-14(15)2-1-6-19-16/h3-4,8-9,19,22H,1-2,5-7,10H2,(H,20,23). The van der Waals surface area contributed by atoms with Crippen LogP contribution in [0.4, 0.5) is 5.69 Å². The zero-order chi connectivity index (χ0) is 16.7. The maximum absolute atomic E-state index is 13.0. The number of rotatable bonds is 1. The Hall–Kier alpha value is -2.76. The predicted molar refractivity (Wildman–Crippen MR) is 90.4 cm³/mol. The van der Waals surface area contributed by atoms with Crippen LogP contribution in [0.2, 0.25) is 0 Å². The van der Waals surface area contributed by atoms with Crippen molar-refractivity contribution in [2.24, 2.45) is 0 Å². The zero-order valence-corrected chi connectivity index (χ0v) is 13.3. The highest BCUT2D eigenvalue weighted by Gasteiger charge is 2.26. The predicted octanol–water partition coefficient (Wildman–Crippen LogP) is 1.64. The van der Waals surface area contributed by atoms with E-state index in [1.165, 1.54) is 0 Å². The molecule has 0 fully saturated rings. The first-order valence-corrected chi connectivity index (χ1v) is 8.22. The van der Waals surface area contributed by atoms with Gasteiger partial charge in [0.25, 0.3) is 11.5 Å². The van der Waals surface area contributed by atoms with Crippen molar-refractivity contribution in [3.8, 4) is 5.75 Å². The SMILES string of the molecule is O=C(c1c[nH]c(=O)c2c1CCCN2)N1CCc2cc(O)ccc2C1. The highest BCUT2D eigenvalue weighted by Crippen LogP contribution is 2.27. The summed E-state index contributed by atoms with van der Waals surface area (Å²) in [5, 5.41) is 12.7. The van der Waals surface area contributed by atoms with Gasteiger partial charge in [-0.25, -0.2) is 0 Å². The molecule has 1 aromatic carbocycles. The molecule has 1 amide bonds. The van der Waals surface area contributed by atoms with Gasteiger partial charge in [-0.2, -0.15) is 0 Å². The molecule has 3 heterocycles. The van der Waals surface area contributed by atoms with Crippen molar-refractivity contribution in [3.63, 3.8) is 0 Å². The van der Waals surface area contributed by atoms with Crippen LogP contribution in [-0.4, -0.2) is 34.0 Å². The Balaban J connectivity index is 1.66. The van der Waals surface area contributed by atoms with Gasteiger partial charge in [-0.05, 0) is 48.1 Å². The number of nitrogens with one attached hydrogen (secondary N) is 2. The maximum atomic E-state index is 13.0. The number of aromatic hydroxyl groups is 1. The van der Waals surface area contributed by atoms with E-state index in [4.69, 9.17) is 0 Å². The Morgan fingerprint density at radius 2 is 2.08 bits per heavy atom. The first kappa shape index (κ1) is 14.8. The molecule has 0 radical (unpaired) electrons. The van der Waals surface area contributed by atoms with E-state index in [0.29, 0.717) is 24.3 Å². The van der Waals surface area contributed by atoms with Crippen molar-refractivity contribution in [3.05, 3.63) is 57.0 Å². The van der Waals surface area contributed by atoms with E-state index in [9.17, 15) is 14.7 Å². The molecule has 6 nitrogen and oxygen atoms in total.